The van der Waals surface area contributed by atoms with E-state index in [1.54, 1.807) is 0 Å². The fourth-order valence-electron chi connectivity index (χ4n) is 3.10. The summed E-state index contributed by atoms with van der Waals surface area (Å²) < 4.78 is 0. The van der Waals surface area contributed by atoms with E-state index in [4.69, 9.17) is 0 Å². The van der Waals surface area contributed by atoms with Gasteiger partial charge in [-0.3, -0.25) is 4.79 Å². The standard InChI is InChI=1S/C18H29N3O.2ClH/c1-21(2)14-17(12-15-6-4-3-5-7-15)20-18(22)9-8-16-10-11-19-13-16;;/h3-7,16-17,19H,8-14H2,1-2H3,(H,20,22);2*1H. The first-order valence-corrected chi connectivity index (χ1v) is 8.32. The summed E-state index contributed by atoms with van der Waals surface area (Å²) in [6.07, 6.45) is 3.73. The molecule has 1 aliphatic heterocycles. The zero-order valence-electron chi connectivity index (χ0n) is 14.7. The lowest BCUT2D eigenvalue weighted by Crippen LogP contribution is -2.43. The molecule has 4 nitrogen and oxygen atoms in total. The van der Waals surface area contributed by atoms with Crippen LogP contribution in [0.2, 0.25) is 0 Å². The van der Waals surface area contributed by atoms with Gasteiger partial charge in [0, 0.05) is 19.0 Å². The molecule has 2 atom stereocenters. The quantitative estimate of drug-likeness (QED) is 0.733. The van der Waals surface area contributed by atoms with Crippen molar-refractivity contribution < 1.29 is 4.79 Å². The van der Waals surface area contributed by atoms with E-state index in [9.17, 15) is 4.79 Å². The fourth-order valence-corrected chi connectivity index (χ4v) is 3.10. The predicted octanol–water partition coefficient (Wildman–Crippen LogP) is 2.51. The normalized spacial score (nSPS) is 17.7. The Hall–Kier alpha value is -0.810. The third kappa shape index (κ3) is 8.88. The Balaban J connectivity index is 0.00000264. The molecule has 2 rings (SSSR count). The topological polar surface area (TPSA) is 44.4 Å². The minimum absolute atomic E-state index is 0. The molecule has 0 spiro atoms. The average Bonchev–Trinajstić information content (AvgIpc) is 2.99. The third-order valence-corrected chi connectivity index (χ3v) is 4.22. The van der Waals surface area contributed by atoms with Gasteiger partial charge < -0.3 is 15.5 Å². The molecular weight excluding hydrogens is 345 g/mol. The van der Waals surface area contributed by atoms with Gasteiger partial charge in [0.2, 0.25) is 5.91 Å². The summed E-state index contributed by atoms with van der Waals surface area (Å²) in [6.45, 7) is 3.04. The molecular formula is C18H31Cl2N3O. The van der Waals surface area contributed by atoms with Crippen molar-refractivity contribution in [3.05, 3.63) is 35.9 Å². The van der Waals surface area contributed by atoms with Crippen molar-refractivity contribution in [3.63, 3.8) is 0 Å². The lowest BCUT2D eigenvalue weighted by atomic mass is 10.0. The van der Waals surface area contributed by atoms with Crippen molar-refractivity contribution >= 4 is 30.7 Å². The number of nitrogens with zero attached hydrogens (tertiary/aromatic N) is 1. The van der Waals surface area contributed by atoms with Crippen molar-refractivity contribution in [2.45, 2.75) is 31.7 Å². The van der Waals surface area contributed by atoms with Crippen molar-refractivity contribution in [2.24, 2.45) is 5.92 Å². The van der Waals surface area contributed by atoms with Crippen LogP contribution in [0.25, 0.3) is 0 Å². The Labute approximate surface area is 158 Å². The molecule has 0 saturated carbocycles. The van der Waals surface area contributed by atoms with Gasteiger partial charge in [0.25, 0.3) is 0 Å². The number of rotatable bonds is 8. The zero-order valence-corrected chi connectivity index (χ0v) is 16.3. The largest absolute Gasteiger partial charge is 0.352 e. The highest BCUT2D eigenvalue weighted by Gasteiger charge is 2.18. The summed E-state index contributed by atoms with van der Waals surface area (Å²) in [5, 5.41) is 6.58. The molecule has 1 amide bonds. The Morgan fingerprint density at radius 1 is 1.29 bits per heavy atom. The minimum atomic E-state index is 0. The summed E-state index contributed by atoms with van der Waals surface area (Å²) in [5.41, 5.74) is 1.27. The lowest BCUT2D eigenvalue weighted by Gasteiger charge is -2.23. The number of halogens is 2. The molecule has 1 aromatic rings. The zero-order chi connectivity index (χ0) is 15.8. The van der Waals surface area contributed by atoms with E-state index in [0.717, 1.165) is 32.5 Å². The number of carbonyl (C=O) groups excluding carboxylic acids is 1. The van der Waals surface area contributed by atoms with Crippen molar-refractivity contribution in [1.82, 2.24) is 15.5 Å². The van der Waals surface area contributed by atoms with Crippen LogP contribution in [0.5, 0.6) is 0 Å². The molecule has 1 fully saturated rings. The summed E-state index contributed by atoms with van der Waals surface area (Å²) in [4.78, 5) is 14.4. The molecule has 24 heavy (non-hydrogen) atoms. The van der Waals surface area contributed by atoms with Gasteiger partial charge in [-0.05, 0) is 57.9 Å². The number of carbonyl (C=O) groups is 1. The van der Waals surface area contributed by atoms with Crippen LogP contribution in [0.1, 0.15) is 24.8 Å². The van der Waals surface area contributed by atoms with E-state index >= 15 is 0 Å². The lowest BCUT2D eigenvalue weighted by molar-refractivity contribution is -0.122. The average molecular weight is 376 g/mol. The van der Waals surface area contributed by atoms with Gasteiger partial charge in [0.05, 0.1) is 0 Å². The van der Waals surface area contributed by atoms with E-state index in [1.165, 1.54) is 12.0 Å². The second kappa shape index (κ2) is 12.5. The predicted molar refractivity (Wildman–Crippen MR) is 105 cm³/mol. The van der Waals surface area contributed by atoms with Crippen LogP contribution in [0, 0.1) is 5.92 Å². The molecule has 0 aliphatic carbocycles. The highest BCUT2D eigenvalue weighted by molar-refractivity contribution is 5.85. The fraction of sp³-hybridized carbons (Fsp3) is 0.611. The maximum absolute atomic E-state index is 12.2. The van der Waals surface area contributed by atoms with E-state index in [1.807, 2.05) is 20.2 Å². The third-order valence-electron chi connectivity index (χ3n) is 4.22. The second-order valence-electron chi connectivity index (χ2n) is 6.61. The van der Waals surface area contributed by atoms with Gasteiger partial charge in [-0.25, -0.2) is 0 Å². The first kappa shape index (κ1) is 23.2. The summed E-state index contributed by atoms with van der Waals surface area (Å²) in [7, 11) is 4.10. The van der Waals surface area contributed by atoms with Crippen molar-refractivity contribution in [1.29, 1.82) is 0 Å². The minimum Gasteiger partial charge on any atom is -0.352 e. The maximum atomic E-state index is 12.2. The SMILES string of the molecule is CN(C)CC(Cc1ccccc1)NC(=O)CCC1CCNC1.Cl.Cl. The van der Waals surface area contributed by atoms with Gasteiger partial charge in [-0.2, -0.15) is 0 Å². The second-order valence-corrected chi connectivity index (χ2v) is 6.61. The van der Waals surface area contributed by atoms with Crippen LogP contribution >= 0.6 is 24.8 Å². The van der Waals surface area contributed by atoms with Crippen LogP contribution < -0.4 is 10.6 Å². The smallest absolute Gasteiger partial charge is 0.220 e. The molecule has 0 aromatic heterocycles. The van der Waals surface area contributed by atoms with Crippen LogP contribution in [0.3, 0.4) is 0 Å². The molecule has 2 N–H and O–H groups in total. The van der Waals surface area contributed by atoms with Crippen LogP contribution in [-0.4, -0.2) is 50.6 Å². The molecule has 1 heterocycles. The van der Waals surface area contributed by atoms with Crippen LogP contribution in [-0.2, 0) is 11.2 Å². The maximum Gasteiger partial charge on any atom is 0.220 e. The first-order chi connectivity index (χ1) is 10.6. The van der Waals surface area contributed by atoms with Crippen LogP contribution in [0.4, 0.5) is 0 Å². The molecule has 0 radical (unpaired) electrons. The van der Waals surface area contributed by atoms with Crippen molar-refractivity contribution in [3.8, 4) is 0 Å². The van der Waals surface area contributed by atoms with Crippen LogP contribution in [0.15, 0.2) is 30.3 Å². The number of hydrogen-bond donors (Lipinski definition) is 2. The highest BCUT2D eigenvalue weighted by Crippen LogP contribution is 2.14. The van der Waals surface area contributed by atoms with Gasteiger partial charge in [0.1, 0.15) is 0 Å². The van der Waals surface area contributed by atoms with Gasteiger partial charge in [-0.1, -0.05) is 30.3 Å². The van der Waals surface area contributed by atoms with E-state index in [-0.39, 0.29) is 36.8 Å². The number of amides is 1. The Morgan fingerprint density at radius 2 is 2.00 bits per heavy atom. The Kier molecular flexibility index (Phi) is 12.1. The Bertz CT molecular complexity index is 451. The summed E-state index contributed by atoms with van der Waals surface area (Å²) in [6, 6.07) is 10.6. The molecule has 138 valence electrons. The molecule has 6 heteroatoms. The van der Waals surface area contributed by atoms with Gasteiger partial charge in [0.15, 0.2) is 0 Å². The van der Waals surface area contributed by atoms with Gasteiger partial charge in [-0.15, -0.1) is 24.8 Å². The van der Waals surface area contributed by atoms with Crippen molar-refractivity contribution in [2.75, 3.05) is 33.7 Å². The summed E-state index contributed by atoms with van der Waals surface area (Å²) in [5.74, 6) is 0.863. The number of likely N-dealkylation sites (N-methyl/N-ethyl adjacent to an activating group) is 1. The highest BCUT2D eigenvalue weighted by atomic mass is 35.5. The van der Waals surface area contributed by atoms with E-state index < -0.39 is 0 Å². The molecule has 1 saturated heterocycles. The monoisotopic (exact) mass is 375 g/mol. The van der Waals surface area contributed by atoms with E-state index in [2.05, 4.69) is 39.8 Å². The summed E-state index contributed by atoms with van der Waals surface area (Å²) >= 11 is 0. The molecule has 1 aliphatic rings. The van der Waals surface area contributed by atoms with Gasteiger partial charge >= 0.3 is 0 Å². The first-order valence-electron chi connectivity index (χ1n) is 8.32. The number of benzene rings is 1. The molecule has 2 unspecified atom stereocenters. The number of nitrogens with one attached hydrogen (secondary N) is 2. The Morgan fingerprint density at radius 3 is 2.58 bits per heavy atom. The molecule has 0 bridgehead atoms. The number of hydrogen-bond acceptors (Lipinski definition) is 3. The molecule has 1 aromatic carbocycles. The van der Waals surface area contributed by atoms with E-state index in [0.29, 0.717) is 12.3 Å².